The molecule has 2 nitrogen and oxygen atoms in total. The number of amides is 1. The highest BCUT2D eigenvalue weighted by Gasteiger charge is 2.56. The Bertz CT molecular complexity index is 511. The molecule has 0 heterocycles. The van der Waals surface area contributed by atoms with Gasteiger partial charge in [-0.3, -0.25) is 4.79 Å². The van der Waals surface area contributed by atoms with Gasteiger partial charge in [0.2, 0.25) is 5.91 Å². The Labute approximate surface area is 116 Å². The number of hydrogen-bond donors (Lipinski definition) is 1. The molecule has 2 rings (SSSR count). The molecule has 1 aromatic rings. The molecule has 1 aliphatic carbocycles. The van der Waals surface area contributed by atoms with Crippen LogP contribution in [0.3, 0.4) is 0 Å². The van der Waals surface area contributed by atoms with E-state index in [4.69, 9.17) is 0 Å². The number of carbonyl (C=O) groups excluding carboxylic acids is 1. The van der Waals surface area contributed by atoms with Crippen molar-refractivity contribution >= 4 is 11.6 Å². The second kappa shape index (κ2) is 5.95. The van der Waals surface area contributed by atoms with Crippen molar-refractivity contribution in [3.8, 4) is 0 Å². The summed E-state index contributed by atoms with van der Waals surface area (Å²) in [6.07, 6.45) is -14.5. The highest BCUT2D eigenvalue weighted by atomic mass is 19.2. The molecule has 8 heteroatoms. The fraction of sp³-hybridized carbons (Fsp3) is 0.462. The zero-order chi connectivity index (χ0) is 15.7. The van der Waals surface area contributed by atoms with E-state index in [0.717, 1.165) is 12.1 Å². The van der Waals surface area contributed by atoms with Crippen molar-refractivity contribution < 1.29 is 31.1 Å². The smallest absolute Gasteiger partial charge is 0.233 e. The van der Waals surface area contributed by atoms with E-state index in [2.05, 4.69) is 0 Å². The molecule has 1 fully saturated rings. The first-order chi connectivity index (χ1) is 9.82. The third-order valence-electron chi connectivity index (χ3n) is 3.30. The number of carbonyl (C=O) groups is 1. The molecule has 1 saturated carbocycles. The number of benzene rings is 1. The van der Waals surface area contributed by atoms with Gasteiger partial charge in [-0.05, 0) is 18.2 Å². The standard InChI is InChI=1S/C13H11F6NO/c14-5-2-1-3-6(4-5)20-13(21)7-8(15)10(17)12(19)11(18)9(7)16/h1-4,7-12H,(H,20,21)/t7?,8-,9+,10-,11-,12?/m1/s1. The van der Waals surface area contributed by atoms with E-state index >= 15 is 0 Å². The van der Waals surface area contributed by atoms with Gasteiger partial charge in [0, 0.05) is 5.69 Å². The molecule has 1 aromatic carbocycles. The van der Waals surface area contributed by atoms with Crippen molar-refractivity contribution in [1.29, 1.82) is 0 Å². The molecule has 0 spiro atoms. The first-order valence-electron chi connectivity index (χ1n) is 6.09. The maximum absolute atomic E-state index is 13.6. The lowest BCUT2D eigenvalue weighted by molar-refractivity contribution is -0.138. The van der Waals surface area contributed by atoms with Gasteiger partial charge in [0.1, 0.15) is 24.1 Å². The molecule has 116 valence electrons. The van der Waals surface area contributed by atoms with E-state index in [1.807, 2.05) is 5.32 Å². The van der Waals surface area contributed by atoms with E-state index in [-0.39, 0.29) is 5.69 Å². The Kier molecular flexibility index (Phi) is 4.43. The average molecular weight is 311 g/mol. The number of alkyl halides is 5. The van der Waals surface area contributed by atoms with Crippen LogP contribution in [0.2, 0.25) is 0 Å². The summed E-state index contributed by atoms with van der Waals surface area (Å²) >= 11 is 0. The first-order valence-corrected chi connectivity index (χ1v) is 6.09. The maximum Gasteiger partial charge on any atom is 0.233 e. The van der Waals surface area contributed by atoms with Crippen molar-refractivity contribution in [2.75, 3.05) is 5.32 Å². The van der Waals surface area contributed by atoms with Gasteiger partial charge >= 0.3 is 0 Å². The normalized spacial score (nSPS) is 36.3. The highest BCUT2D eigenvalue weighted by molar-refractivity contribution is 5.93. The molecule has 1 N–H and O–H groups in total. The molecule has 0 aromatic heterocycles. The van der Waals surface area contributed by atoms with Gasteiger partial charge in [0.05, 0.1) is 0 Å². The summed E-state index contributed by atoms with van der Waals surface area (Å²) in [5.41, 5.74) is -0.132. The quantitative estimate of drug-likeness (QED) is 0.836. The lowest BCUT2D eigenvalue weighted by Crippen LogP contribution is -2.56. The van der Waals surface area contributed by atoms with Crippen LogP contribution in [0, 0.1) is 11.7 Å². The molecule has 0 aliphatic heterocycles. The summed E-state index contributed by atoms with van der Waals surface area (Å²) in [5.74, 6) is -4.44. The molecule has 0 saturated heterocycles. The van der Waals surface area contributed by atoms with Crippen LogP contribution in [0.15, 0.2) is 24.3 Å². The second-order valence-corrected chi connectivity index (χ2v) is 4.75. The molecular formula is C13H11F6NO. The van der Waals surface area contributed by atoms with Gasteiger partial charge in [0.25, 0.3) is 0 Å². The molecule has 1 aliphatic rings. The number of anilines is 1. The lowest BCUT2D eigenvalue weighted by Gasteiger charge is -2.35. The maximum atomic E-state index is 13.6. The SMILES string of the molecule is O=C(Nc1cccc(F)c1)C1[C@@H](F)[C@@H](F)C(F)[C@H](F)[C@H]1F. The molecule has 21 heavy (non-hydrogen) atoms. The minimum absolute atomic E-state index is 0.132. The number of rotatable bonds is 2. The van der Waals surface area contributed by atoms with Crippen molar-refractivity contribution in [2.45, 2.75) is 30.9 Å². The first kappa shape index (κ1) is 15.7. The van der Waals surface area contributed by atoms with Gasteiger partial charge in [-0.1, -0.05) is 6.07 Å². The highest BCUT2D eigenvalue weighted by Crippen LogP contribution is 2.36. The Morgan fingerprint density at radius 2 is 1.43 bits per heavy atom. The van der Waals surface area contributed by atoms with Crippen LogP contribution in [-0.4, -0.2) is 36.8 Å². The van der Waals surface area contributed by atoms with Crippen LogP contribution >= 0.6 is 0 Å². The minimum atomic E-state index is -2.96. The summed E-state index contributed by atoms with van der Waals surface area (Å²) in [6.45, 7) is 0. The van der Waals surface area contributed by atoms with Crippen molar-refractivity contribution in [2.24, 2.45) is 5.92 Å². The average Bonchev–Trinajstić information content (AvgIpc) is 2.43. The van der Waals surface area contributed by atoms with E-state index in [1.165, 1.54) is 12.1 Å². The monoisotopic (exact) mass is 311 g/mol. The summed E-state index contributed by atoms with van der Waals surface area (Å²) in [6, 6.07) is 4.37. The van der Waals surface area contributed by atoms with Crippen molar-refractivity contribution in [1.82, 2.24) is 0 Å². The Hall–Kier alpha value is -1.73. The second-order valence-electron chi connectivity index (χ2n) is 4.75. The fourth-order valence-electron chi connectivity index (χ4n) is 2.18. The number of nitrogens with one attached hydrogen (secondary N) is 1. The summed E-state index contributed by atoms with van der Waals surface area (Å²) in [7, 11) is 0. The van der Waals surface area contributed by atoms with Crippen molar-refractivity contribution in [3.63, 3.8) is 0 Å². The minimum Gasteiger partial charge on any atom is -0.326 e. The van der Waals surface area contributed by atoms with Gasteiger partial charge in [-0.15, -0.1) is 0 Å². The van der Waals surface area contributed by atoms with Gasteiger partial charge in [-0.25, -0.2) is 26.3 Å². The summed E-state index contributed by atoms with van der Waals surface area (Å²) in [5, 5.41) is 1.95. The van der Waals surface area contributed by atoms with Gasteiger partial charge in [0.15, 0.2) is 18.5 Å². The van der Waals surface area contributed by atoms with E-state index in [1.54, 1.807) is 0 Å². The van der Waals surface area contributed by atoms with Gasteiger partial charge in [-0.2, -0.15) is 0 Å². The Morgan fingerprint density at radius 3 is 1.95 bits per heavy atom. The zero-order valence-electron chi connectivity index (χ0n) is 10.4. The molecule has 0 radical (unpaired) electrons. The topological polar surface area (TPSA) is 29.1 Å². The van der Waals surface area contributed by atoms with Crippen LogP contribution in [-0.2, 0) is 4.79 Å². The molecule has 0 bridgehead atoms. The van der Waals surface area contributed by atoms with Crippen LogP contribution < -0.4 is 5.32 Å². The number of halogens is 6. The van der Waals surface area contributed by atoms with E-state index in [9.17, 15) is 31.1 Å². The Morgan fingerprint density at radius 1 is 0.905 bits per heavy atom. The number of hydrogen-bond acceptors (Lipinski definition) is 1. The zero-order valence-corrected chi connectivity index (χ0v) is 10.4. The van der Waals surface area contributed by atoms with Gasteiger partial charge < -0.3 is 5.32 Å². The molecule has 6 atom stereocenters. The largest absolute Gasteiger partial charge is 0.326 e. The summed E-state index contributed by atoms with van der Waals surface area (Å²) < 4.78 is 79.5. The van der Waals surface area contributed by atoms with Crippen LogP contribution in [0.4, 0.5) is 32.0 Å². The van der Waals surface area contributed by atoms with E-state index in [0.29, 0.717) is 0 Å². The third-order valence-corrected chi connectivity index (χ3v) is 3.30. The van der Waals surface area contributed by atoms with Crippen LogP contribution in [0.1, 0.15) is 0 Å². The predicted octanol–water partition coefficient (Wildman–Crippen LogP) is 3.08. The Balaban J connectivity index is 2.17. The lowest BCUT2D eigenvalue weighted by atomic mass is 9.81. The molecular weight excluding hydrogens is 300 g/mol. The van der Waals surface area contributed by atoms with Crippen LogP contribution in [0.25, 0.3) is 0 Å². The predicted molar refractivity (Wildman–Crippen MR) is 63.0 cm³/mol. The fourth-order valence-corrected chi connectivity index (χ4v) is 2.18. The van der Waals surface area contributed by atoms with E-state index < -0.39 is 48.5 Å². The summed E-state index contributed by atoms with van der Waals surface area (Å²) in [4.78, 5) is 11.7. The van der Waals surface area contributed by atoms with Crippen molar-refractivity contribution in [3.05, 3.63) is 30.1 Å². The molecule has 1 amide bonds. The van der Waals surface area contributed by atoms with Crippen LogP contribution in [0.5, 0.6) is 0 Å². The molecule has 2 unspecified atom stereocenters. The third kappa shape index (κ3) is 2.98.